The highest BCUT2D eigenvalue weighted by molar-refractivity contribution is 5.12. The van der Waals surface area contributed by atoms with E-state index in [2.05, 4.69) is 38.4 Å². The van der Waals surface area contributed by atoms with Crippen LogP contribution in [0.1, 0.15) is 58.0 Å². The largest absolute Gasteiger partial charge is 0.326 e. The van der Waals surface area contributed by atoms with Crippen LogP contribution in [0, 0.1) is 11.8 Å². The maximum atomic E-state index is 6.41. The molecular weight excluding hydrogens is 222 g/mol. The zero-order valence-electron chi connectivity index (χ0n) is 12.2. The maximum absolute atomic E-state index is 6.41. The van der Waals surface area contributed by atoms with Gasteiger partial charge in [0.1, 0.15) is 0 Å². The molecule has 1 fully saturated rings. The number of nitrogens with two attached hydrogens (primary N) is 1. The third-order valence-corrected chi connectivity index (χ3v) is 4.34. The van der Waals surface area contributed by atoms with E-state index < -0.39 is 0 Å². The summed E-state index contributed by atoms with van der Waals surface area (Å²) in [5, 5.41) is 4.79. The molecule has 3 nitrogen and oxygen atoms in total. The van der Waals surface area contributed by atoms with Crippen molar-refractivity contribution in [3.8, 4) is 0 Å². The Kier molecular flexibility index (Phi) is 4.10. The van der Waals surface area contributed by atoms with Gasteiger partial charge in [-0.15, -0.1) is 0 Å². The van der Waals surface area contributed by atoms with Gasteiger partial charge in [-0.05, 0) is 43.6 Å². The van der Waals surface area contributed by atoms with E-state index in [0.29, 0.717) is 12.0 Å². The Balaban J connectivity index is 2.31. The van der Waals surface area contributed by atoms with Crippen LogP contribution in [-0.2, 0) is 12.8 Å². The van der Waals surface area contributed by atoms with Gasteiger partial charge in [-0.3, -0.25) is 4.68 Å². The first kappa shape index (κ1) is 13.6. The minimum absolute atomic E-state index is 0.249. The van der Waals surface area contributed by atoms with Crippen LogP contribution in [0.4, 0.5) is 0 Å². The molecule has 2 rings (SSSR count). The van der Waals surface area contributed by atoms with Crippen molar-refractivity contribution >= 4 is 0 Å². The van der Waals surface area contributed by atoms with E-state index in [0.717, 1.165) is 25.2 Å². The second-order valence-electron chi connectivity index (χ2n) is 5.99. The van der Waals surface area contributed by atoms with Crippen molar-refractivity contribution in [3.63, 3.8) is 0 Å². The minimum atomic E-state index is 0.249. The van der Waals surface area contributed by atoms with E-state index in [-0.39, 0.29) is 6.04 Å². The van der Waals surface area contributed by atoms with Crippen LogP contribution in [0.15, 0.2) is 6.07 Å². The van der Waals surface area contributed by atoms with Crippen LogP contribution < -0.4 is 5.73 Å². The van der Waals surface area contributed by atoms with Crippen molar-refractivity contribution in [2.75, 3.05) is 0 Å². The highest BCUT2D eigenvalue weighted by Crippen LogP contribution is 2.36. The average Bonchev–Trinajstić information content (AvgIpc) is 2.71. The Hall–Kier alpha value is -0.830. The fourth-order valence-corrected chi connectivity index (χ4v) is 3.50. The van der Waals surface area contributed by atoms with E-state index >= 15 is 0 Å². The molecule has 0 amide bonds. The van der Waals surface area contributed by atoms with Crippen molar-refractivity contribution in [2.24, 2.45) is 17.6 Å². The van der Waals surface area contributed by atoms with E-state index in [1.165, 1.54) is 17.8 Å². The van der Waals surface area contributed by atoms with Gasteiger partial charge in [0.2, 0.25) is 0 Å². The average molecular weight is 249 g/mol. The Morgan fingerprint density at radius 3 is 2.56 bits per heavy atom. The first-order valence-corrected chi connectivity index (χ1v) is 7.39. The van der Waals surface area contributed by atoms with Crippen LogP contribution in [0.2, 0.25) is 0 Å². The molecule has 4 atom stereocenters. The van der Waals surface area contributed by atoms with E-state index in [1.807, 2.05) is 0 Å². The van der Waals surface area contributed by atoms with Crippen LogP contribution in [0.5, 0.6) is 0 Å². The van der Waals surface area contributed by atoms with E-state index in [9.17, 15) is 0 Å². The normalized spacial score (nSPS) is 32.7. The van der Waals surface area contributed by atoms with Gasteiger partial charge in [-0.25, -0.2) is 0 Å². The summed E-state index contributed by atoms with van der Waals surface area (Å²) in [6.07, 6.45) is 4.44. The van der Waals surface area contributed by atoms with Crippen molar-refractivity contribution in [2.45, 2.75) is 65.5 Å². The molecule has 1 aromatic heterocycles. The maximum Gasteiger partial charge on any atom is 0.0698 e. The number of rotatable bonds is 3. The van der Waals surface area contributed by atoms with Crippen molar-refractivity contribution in [1.29, 1.82) is 0 Å². The molecule has 1 heterocycles. The molecule has 1 aliphatic rings. The first-order valence-electron chi connectivity index (χ1n) is 7.39. The molecule has 0 aromatic carbocycles. The molecule has 2 N–H and O–H groups in total. The molecule has 1 aromatic rings. The second-order valence-corrected chi connectivity index (χ2v) is 5.99. The van der Waals surface area contributed by atoms with Crippen molar-refractivity contribution in [1.82, 2.24) is 9.78 Å². The van der Waals surface area contributed by atoms with Gasteiger partial charge in [0.05, 0.1) is 11.7 Å². The SMILES string of the molecule is CCc1cc(CC)n(C2C(C)CC(C)CC2N)n1. The van der Waals surface area contributed by atoms with Gasteiger partial charge in [-0.1, -0.05) is 27.7 Å². The standard InChI is InChI=1S/C15H27N3/c1-5-12-9-13(6-2)18(17-12)15-11(4)7-10(3)8-14(15)16/h9-11,14-15H,5-8,16H2,1-4H3. The highest BCUT2D eigenvalue weighted by atomic mass is 15.3. The van der Waals surface area contributed by atoms with Crippen LogP contribution >= 0.6 is 0 Å². The molecular formula is C15H27N3. The molecule has 0 bridgehead atoms. The lowest BCUT2D eigenvalue weighted by molar-refractivity contribution is 0.163. The van der Waals surface area contributed by atoms with Gasteiger partial charge >= 0.3 is 0 Å². The molecule has 0 spiro atoms. The van der Waals surface area contributed by atoms with Crippen LogP contribution in [0.25, 0.3) is 0 Å². The molecule has 3 heteroatoms. The summed E-state index contributed by atoms with van der Waals surface area (Å²) in [6.45, 7) is 9.01. The van der Waals surface area contributed by atoms with E-state index in [1.54, 1.807) is 0 Å². The Bertz CT molecular complexity index is 384. The summed E-state index contributed by atoms with van der Waals surface area (Å²) in [4.78, 5) is 0. The molecule has 0 aliphatic heterocycles. The predicted octanol–water partition coefficient (Wildman–Crippen LogP) is 2.94. The Labute approximate surface area is 111 Å². The predicted molar refractivity (Wildman–Crippen MR) is 75.6 cm³/mol. The fourth-order valence-electron chi connectivity index (χ4n) is 3.50. The molecule has 4 unspecified atom stereocenters. The zero-order valence-corrected chi connectivity index (χ0v) is 12.2. The molecule has 0 radical (unpaired) electrons. The summed E-state index contributed by atoms with van der Waals surface area (Å²) in [5.74, 6) is 1.37. The quantitative estimate of drug-likeness (QED) is 0.895. The number of hydrogen-bond donors (Lipinski definition) is 1. The molecule has 18 heavy (non-hydrogen) atoms. The Morgan fingerprint density at radius 2 is 2.00 bits per heavy atom. The summed E-state index contributed by atoms with van der Waals surface area (Å²) in [7, 11) is 0. The smallest absolute Gasteiger partial charge is 0.0698 e. The van der Waals surface area contributed by atoms with Crippen molar-refractivity contribution < 1.29 is 0 Å². The van der Waals surface area contributed by atoms with Gasteiger partial charge in [0.15, 0.2) is 0 Å². The zero-order chi connectivity index (χ0) is 13.3. The number of nitrogens with zero attached hydrogens (tertiary/aromatic N) is 2. The topological polar surface area (TPSA) is 43.8 Å². The fraction of sp³-hybridized carbons (Fsp3) is 0.800. The van der Waals surface area contributed by atoms with Gasteiger partial charge in [-0.2, -0.15) is 5.10 Å². The molecule has 1 aliphatic carbocycles. The summed E-state index contributed by atoms with van der Waals surface area (Å²) in [5.41, 5.74) is 8.95. The lowest BCUT2D eigenvalue weighted by Gasteiger charge is -2.38. The monoisotopic (exact) mass is 249 g/mol. The number of aryl methyl sites for hydroxylation is 2. The molecule has 102 valence electrons. The van der Waals surface area contributed by atoms with E-state index in [4.69, 9.17) is 10.8 Å². The van der Waals surface area contributed by atoms with Crippen molar-refractivity contribution in [3.05, 3.63) is 17.5 Å². The van der Waals surface area contributed by atoms with Crippen LogP contribution in [0.3, 0.4) is 0 Å². The van der Waals surface area contributed by atoms with Gasteiger partial charge in [0.25, 0.3) is 0 Å². The highest BCUT2D eigenvalue weighted by Gasteiger charge is 2.34. The summed E-state index contributed by atoms with van der Waals surface area (Å²) >= 11 is 0. The Morgan fingerprint density at radius 1 is 1.28 bits per heavy atom. The number of aromatic nitrogens is 2. The second kappa shape index (κ2) is 5.43. The first-order chi connectivity index (χ1) is 8.56. The third-order valence-electron chi connectivity index (χ3n) is 4.34. The van der Waals surface area contributed by atoms with Gasteiger partial charge < -0.3 is 5.73 Å². The minimum Gasteiger partial charge on any atom is -0.326 e. The third kappa shape index (κ3) is 2.46. The van der Waals surface area contributed by atoms with Crippen LogP contribution in [-0.4, -0.2) is 15.8 Å². The van der Waals surface area contributed by atoms with Gasteiger partial charge in [0, 0.05) is 11.7 Å². The summed E-state index contributed by atoms with van der Waals surface area (Å²) < 4.78 is 2.24. The number of hydrogen-bond acceptors (Lipinski definition) is 2. The lowest BCUT2D eigenvalue weighted by atomic mass is 9.77. The summed E-state index contributed by atoms with van der Waals surface area (Å²) in [6, 6.07) is 2.88. The molecule has 0 saturated heterocycles. The molecule has 1 saturated carbocycles. The lowest BCUT2D eigenvalue weighted by Crippen LogP contribution is -2.43.